The zero-order valence-electron chi connectivity index (χ0n) is 20.8. The van der Waals surface area contributed by atoms with E-state index in [1.807, 2.05) is 19.9 Å². The van der Waals surface area contributed by atoms with Crippen LogP contribution in [-0.2, 0) is 24.5 Å². The van der Waals surface area contributed by atoms with Crippen LogP contribution in [0.1, 0.15) is 39.2 Å². The van der Waals surface area contributed by atoms with Gasteiger partial charge in [-0.1, -0.05) is 38.1 Å². The number of esters is 1. The van der Waals surface area contributed by atoms with Crippen LogP contribution in [0.5, 0.6) is 11.5 Å². The van der Waals surface area contributed by atoms with Crippen LogP contribution in [0.25, 0.3) is 0 Å². The number of ether oxygens (including phenoxy) is 2. The van der Waals surface area contributed by atoms with E-state index in [0.717, 1.165) is 5.56 Å². The molecule has 0 unspecified atom stereocenters. The van der Waals surface area contributed by atoms with Crippen LogP contribution in [0, 0.1) is 0 Å². The number of hydrogen-bond donors (Lipinski definition) is 3. The molecule has 9 heteroatoms. The summed E-state index contributed by atoms with van der Waals surface area (Å²) < 4.78 is 9.93. The van der Waals surface area contributed by atoms with Crippen LogP contribution < -0.4 is 15.0 Å². The van der Waals surface area contributed by atoms with Crippen molar-refractivity contribution in [1.82, 2.24) is 5.32 Å². The minimum Gasteiger partial charge on any atom is -0.504 e. The van der Waals surface area contributed by atoms with Crippen molar-refractivity contribution in [3.63, 3.8) is 0 Å². The largest absolute Gasteiger partial charge is 0.504 e. The number of carbonyl (C=O) groups excluding carboxylic acids is 2. The van der Waals surface area contributed by atoms with Crippen molar-refractivity contribution < 1.29 is 34.1 Å². The van der Waals surface area contributed by atoms with Crippen molar-refractivity contribution in [3.05, 3.63) is 54.1 Å². The zero-order chi connectivity index (χ0) is 26.2. The summed E-state index contributed by atoms with van der Waals surface area (Å²) in [5.74, 6) is -1.90. The maximum absolute atomic E-state index is 13.5. The summed E-state index contributed by atoms with van der Waals surface area (Å²) in [6.45, 7) is 5.83. The smallest absolute Gasteiger partial charge is 0.328 e. The number of carboxylic acids is 1. The Morgan fingerprint density at radius 2 is 1.74 bits per heavy atom. The van der Waals surface area contributed by atoms with E-state index >= 15 is 0 Å². The number of anilines is 1. The predicted octanol–water partition coefficient (Wildman–Crippen LogP) is 3.10. The van der Waals surface area contributed by atoms with E-state index in [1.54, 1.807) is 42.5 Å². The third-order valence-corrected chi connectivity index (χ3v) is 5.98. The summed E-state index contributed by atoms with van der Waals surface area (Å²) in [4.78, 5) is 38.6. The number of para-hydroxylation sites is 1. The first-order valence-electron chi connectivity index (χ1n) is 11.3. The highest BCUT2D eigenvalue weighted by Gasteiger charge is 2.34. The Hall–Kier alpha value is -3.59. The highest BCUT2D eigenvalue weighted by atomic mass is 16.5. The van der Waals surface area contributed by atoms with Gasteiger partial charge in [0, 0.05) is 5.69 Å². The fraction of sp³-hybridized carbons (Fsp3) is 0.423. The van der Waals surface area contributed by atoms with Crippen LogP contribution in [0.15, 0.2) is 48.5 Å². The first-order chi connectivity index (χ1) is 16.5. The average Bonchev–Trinajstić information content (AvgIpc) is 2.83. The number of methoxy groups -OCH3 is 2. The summed E-state index contributed by atoms with van der Waals surface area (Å²) in [6, 6.07) is 11.7. The lowest BCUT2D eigenvalue weighted by Gasteiger charge is -2.32. The molecule has 2 aromatic rings. The Balaban J connectivity index is 2.23. The fourth-order valence-electron chi connectivity index (χ4n) is 3.81. The molecule has 0 aromatic heterocycles. The summed E-state index contributed by atoms with van der Waals surface area (Å²) in [7, 11) is 2.71. The molecular formula is C26H34N2O7. The number of aromatic hydroxyl groups is 1. The van der Waals surface area contributed by atoms with Gasteiger partial charge in [0.05, 0.1) is 26.7 Å². The molecular weight excluding hydrogens is 452 g/mol. The molecule has 2 aromatic carbocycles. The molecule has 0 radical (unpaired) electrons. The summed E-state index contributed by atoms with van der Waals surface area (Å²) in [5.41, 5.74) is 0.928. The molecule has 9 nitrogen and oxygen atoms in total. The van der Waals surface area contributed by atoms with Crippen LogP contribution in [-0.4, -0.2) is 60.9 Å². The maximum atomic E-state index is 13.5. The van der Waals surface area contributed by atoms with Crippen molar-refractivity contribution in [3.8, 4) is 11.5 Å². The maximum Gasteiger partial charge on any atom is 0.328 e. The van der Waals surface area contributed by atoms with E-state index in [-0.39, 0.29) is 5.75 Å². The minimum absolute atomic E-state index is 0.0280. The topological polar surface area (TPSA) is 125 Å². The monoisotopic (exact) mass is 486 g/mol. The Morgan fingerprint density at radius 1 is 1.09 bits per heavy atom. The van der Waals surface area contributed by atoms with Gasteiger partial charge >= 0.3 is 11.9 Å². The van der Waals surface area contributed by atoms with Gasteiger partial charge in [-0.3, -0.25) is 14.5 Å². The molecule has 0 aliphatic heterocycles. The van der Waals surface area contributed by atoms with E-state index in [4.69, 9.17) is 9.47 Å². The molecule has 0 bridgehead atoms. The van der Waals surface area contributed by atoms with Crippen molar-refractivity contribution in [1.29, 1.82) is 0 Å². The molecule has 0 aliphatic carbocycles. The van der Waals surface area contributed by atoms with E-state index in [2.05, 4.69) is 5.32 Å². The van der Waals surface area contributed by atoms with E-state index in [1.165, 1.54) is 26.0 Å². The predicted molar refractivity (Wildman–Crippen MR) is 132 cm³/mol. The Labute approximate surface area is 205 Å². The van der Waals surface area contributed by atoms with Crippen LogP contribution >= 0.6 is 0 Å². The average molecular weight is 487 g/mol. The number of carboxylic acid groups (broad SMARTS) is 1. The van der Waals surface area contributed by atoms with Gasteiger partial charge in [0.2, 0.25) is 5.91 Å². The highest BCUT2D eigenvalue weighted by molar-refractivity contribution is 6.03. The number of nitrogens with one attached hydrogen (secondary N) is 1. The number of amides is 1. The minimum atomic E-state index is -1.14. The van der Waals surface area contributed by atoms with Gasteiger partial charge in [-0.05, 0) is 55.1 Å². The van der Waals surface area contributed by atoms with Crippen LogP contribution in [0.4, 0.5) is 5.69 Å². The van der Waals surface area contributed by atoms with E-state index in [9.17, 15) is 24.6 Å². The standard InChI is InChI=1S/C26H34N2O7/c1-17(25(33)35-5)28(19-9-7-6-8-10-19)24(32)20(16-23(30)31)27-14-13-26(2,3)18-11-12-22(34-4)21(29)15-18/h6-12,15,17,20,27,29H,13-14,16H2,1-5H3,(H,30,31)/t17-,20-/m0/s1. The molecule has 2 rings (SSSR count). The molecule has 0 fully saturated rings. The third-order valence-electron chi connectivity index (χ3n) is 5.98. The van der Waals surface area contributed by atoms with Gasteiger partial charge < -0.3 is 25.0 Å². The Morgan fingerprint density at radius 3 is 2.29 bits per heavy atom. The van der Waals surface area contributed by atoms with Gasteiger partial charge in [0.15, 0.2) is 11.5 Å². The first-order valence-corrected chi connectivity index (χ1v) is 11.3. The number of hydrogen-bond acceptors (Lipinski definition) is 7. The molecule has 35 heavy (non-hydrogen) atoms. The molecule has 0 spiro atoms. The number of benzene rings is 2. The van der Waals surface area contributed by atoms with Crippen molar-refractivity contribution >= 4 is 23.5 Å². The van der Waals surface area contributed by atoms with Gasteiger partial charge in [-0.25, -0.2) is 4.79 Å². The van der Waals surface area contributed by atoms with Gasteiger partial charge in [0.25, 0.3) is 0 Å². The van der Waals surface area contributed by atoms with Gasteiger partial charge in [0.1, 0.15) is 6.04 Å². The lowest BCUT2D eigenvalue weighted by atomic mass is 9.81. The summed E-state index contributed by atoms with van der Waals surface area (Å²) >= 11 is 0. The zero-order valence-corrected chi connectivity index (χ0v) is 20.8. The number of aliphatic carboxylic acids is 1. The van der Waals surface area contributed by atoms with Crippen LogP contribution in [0.3, 0.4) is 0 Å². The van der Waals surface area contributed by atoms with E-state index < -0.39 is 41.8 Å². The fourth-order valence-corrected chi connectivity index (χ4v) is 3.81. The molecule has 0 aliphatic rings. The molecule has 3 N–H and O–H groups in total. The third kappa shape index (κ3) is 7.19. The Bertz CT molecular complexity index is 1020. The number of phenolic OH excluding ortho intramolecular Hbond substituents is 1. The highest BCUT2D eigenvalue weighted by Crippen LogP contribution is 2.34. The van der Waals surface area contributed by atoms with Crippen molar-refractivity contribution in [2.24, 2.45) is 0 Å². The molecule has 0 heterocycles. The number of carbonyl (C=O) groups is 3. The summed E-state index contributed by atoms with van der Waals surface area (Å²) in [5, 5.41) is 22.7. The SMILES string of the molecule is COC(=O)[C@H](C)N(C(=O)[C@H](CC(=O)O)NCCC(C)(C)c1ccc(OC)c(O)c1)c1ccccc1. The van der Waals surface area contributed by atoms with Gasteiger partial charge in [-0.2, -0.15) is 0 Å². The molecule has 1 amide bonds. The molecule has 0 saturated heterocycles. The second-order valence-electron chi connectivity index (χ2n) is 8.87. The molecule has 2 atom stereocenters. The second kappa shape index (κ2) is 12.2. The lowest BCUT2D eigenvalue weighted by molar-refractivity contribution is -0.143. The number of nitrogens with zero attached hydrogens (tertiary/aromatic N) is 1. The second-order valence-corrected chi connectivity index (χ2v) is 8.87. The lowest BCUT2D eigenvalue weighted by Crippen LogP contribution is -2.53. The molecule has 0 saturated carbocycles. The van der Waals surface area contributed by atoms with Gasteiger partial charge in [-0.15, -0.1) is 0 Å². The first kappa shape index (κ1) is 27.7. The number of phenols is 1. The quantitative estimate of drug-likeness (QED) is 0.391. The van der Waals surface area contributed by atoms with E-state index in [0.29, 0.717) is 24.4 Å². The molecule has 190 valence electrons. The normalized spacial score (nSPS) is 12.9. The number of rotatable bonds is 12. The van der Waals surface area contributed by atoms with Crippen molar-refractivity contribution in [2.75, 3.05) is 25.7 Å². The summed E-state index contributed by atoms with van der Waals surface area (Å²) in [6.07, 6.45) is 0.0832. The van der Waals surface area contributed by atoms with Crippen molar-refractivity contribution in [2.45, 2.75) is 51.1 Å². The Kier molecular flexibility index (Phi) is 9.65. The van der Waals surface area contributed by atoms with Crippen LogP contribution in [0.2, 0.25) is 0 Å².